The van der Waals surface area contributed by atoms with Crippen molar-refractivity contribution in [1.82, 2.24) is 0 Å². The monoisotopic (exact) mass is 167 g/mol. The maximum absolute atomic E-state index is 12.0. The molecule has 0 heterocycles. The summed E-state index contributed by atoms with van der Waals surface area (Å²) >= 11 is 0. The van der Waals surface area contributed by atoms with Gasteiger partial charge in [-0.05, 0) is 25.7 Å². The normalized spacial score (nSPS) is 33.8. The minimum Gasteiger partial charge on any atom is -0.328 e. The van der Waals surface area contributed by atoms with Crippen LogP contribution in [0.25, 0.3) is 0 Å². The summed E-state index contributed by atoms with van der Waals surface area (Å²) in [5.74, 6) is -1.10. The van der Waals surface area contributed by atoms with Crippen LogP contribution in [0, 0.1) is 5.92 Å². The predicted molar refractivity (Wildman–Crippen MR) is 36.0 cm³/mol. The molecule has 0 saturated heterocycles. The van der Waals surface area contributed by atoms with Gasteiger partial charge in [-0.2, -0.15) is 13.2 Å². The molecule has 1 nitrogen and oxygen atoms in total. The van der Waals surface area contributed by atoms with Crippen molar-refractivity contribution in [1.29, 1.82) is 0 Å². The van der Waals surface area contributed by atoms with E-state index in [9.17, 15) is 13.2 Å². The van der Waals surface area contributed by atoms with Crippen LogP contribution in [-0.2, 0) is 0 Å². The minimum atomic E-state index is -4.00. The molecule has 1 fully saturated rings. The van der Waals surface area contributed by atoms with Crippen molar-refractivity contribution >= 4 is 0 Å². The maximum atomic E-state index is 12.0. The van der Waals surface area contributed by atoms with Crippen molar-refractivity contribution in [2.75, 3.05) is 0 Å². The van der Waals surface area contributed by atoms with Gasteiger partial charge in [-0.25, -0.2) is 0 Å². The van der Waals surface area contributed by atoms with Crippen LogP contribution in [0.4, 0.5) is 13.2 Å². The van der Waals surface area contributed by atoms with Crippen molar-refractivity contribution in [2.24, 2.45) is 11.7 Å². The van der Waals surface area contributed by atoms with E-state index in [-0.39, 0.29) is 18.9 Å². The number of rotatable bonds is 0. The lowest BCUT2D eigenvalue weighted by Crippen LogP contribution is -2.33. The standard InChI is InChI=1S/C7H12F3N/c8-7(9,10)5-1-3-6(11)4-2-5/h5-6H,1-4,11H2/t5-,6+. The first-order chi connectivity index (χ1) is 5.00. The van der Waals surface area contributed by atoms with Gasteiger partial charge in [-0.1, -0.05) is 0 Å². The third kappa shape index (κ3) is 2.36. The number of halogens is 3. The topological polar surface area (TPSA) is 26.0 Å². The molecule has 1 aliphatic rings. The zero-order chi connectivity index (χ0) is 8.48. The van der Waals surface area contributed by atoms with E-state index >= 15 is 0 Å². The van der Waals surface area contributed by atoms with Gasteiger partial charge in [0.1, 0.15) is 0 Å². The number of hydrogen-bond donors (Lipinski definition) is 1. The highest BCUT2D eigenvalue weighted by atomic mass is 19.4. The molecule has 0 aromatic heterocycles. The zero-order valence-electron chi connectivity index (χ0n) is 6.19. The predicted octanol–water partition coefficient (Wildman–Crippen LogP) is 2.07. The molecule has 0 aromatic carbocycles. The average molecular weight is 167 g/mol. The Morgan fingerprint density at radius 1 is 1.00 bits per heavy atom. The third-order valence-corrected chi connectivity index (χ3v) is 2.23. The van der Waals surface area contributed by atoms with Crippen LogP contribution < -0.4 is 5.73 Å². The molecule has 0 spiro atoms. The van der Waals surface area contributed by atoms with Crippen LogP contribution in [0.2, 0.25) is 0 Å². The molecule has 0 radical (unpaired) electrons. The quantitative estimate of drug-likeness (QED) is 0.587. The zero-order valence-corrected chi connectivity index (χ0v) is 6.19. The van der Waals surface area contributed by atoms with Gasteiger partial charge in [0.05, 0.1) is 5.92 Å². The van der Waals surface area contributed by atoms with E-state index in [0.717, 1.165) is 0 Å². The summed E-state index contributed by atoms with van der Waals surface area (Å²) in [4.78, 5) is 0. The Bertz CT molecular complexity index is 124. The van der Waals surface area contributed by atoms with E-state index in [1.807, 2.05) is 0 Å². The Morgan fingerprint density at radius 2 is 1.45 bits per heavy atom. The van der Waals surface area contributed by atoms with Gasteiger partial charge < -0.3 is 5.73 Å². The summed E-state index contributed by atoms with van der Waals surface area (Å²) in [5.41, 5.74) is 5.47. The first kappa shape index (κ1) is 8.84. The summed E-state index contributed by atoms with van der Waals surface area (Å²) in [6, 6.07) is -0.00593. The van der Waals surface area contributed by atoms with Crippen LogP contribution in [0.3, 0.4) is 0 Å². The fourth-order valence-corrected chi connectivity index (χ4v) is 1.45. The molecule has 1 rings (SSSR count). The Labute approximate surface area is 63.8 Å². The molecule has 0 aromatic rings. The molecule has 0 atom stereocenters. The Kier molecular flexibility index (Phi) is 2.42. The molecule has 0 unspecified atom stereocenters. The molecule has 2 N–H and O–H groups in total. The van der Waals surface area contributed by atoms with E-state index in [0.29, 0.717) is 12.8 Å². The van der Waals surface area contributed by atoms with Gasteiger partial charge in [0.15, 0.2) is 0 Å². The molecule has 11 heavy (non-hydrogen) atoms. The number of hydrogen-bond acceptors (Lipinski definition) is 1. The molecular formula is C7H12F3N. The van der Waals surface area contributed by atoms with Crippen LogP contribution in [0.1, 0.15) is 25.7 Å². The fourth-order valence-electron chi connectivity index (χ4n) is 1.45. The first-order valence-electron chi connectivity index (χ1n) is 3.82. The van der Waals surface area contributed by atoms with E-state index in [1.54, 1.807) is 0 Å². The lowest BCUT2D eigenvalue weighted by atomic mass is 9.86. The molecule has 4 heteroatoms. The van der Waals surface area contributed by atoms with Gasteiger partial charge in [-0.3, -0.25) is 0 Å². The van der Waals surface area contributed by atoms with Gasteiger partial charge in [-0.15, -0.1) is 0 Å². The highest BCUT2D eigenvalue weighted by molar-refractivity contribution is 4.78. The molecule has 1 aliphatic carbocycles. The highest BCUT2D eigenvalue weighted by Crippen LogP contribution is 2.36. The summed E-state index contributed by atoms with van der Waals surface area (Å²) in [7, 11) is 0. The molecule has 0 aliphatic heterocycles. The lowest BCUT2D eigenvalue weighted by Gasteiger charge is -2.27. The van der Waals surface area contributed by atoms with E-state index in [2.05, 4.69) is 0 Å². The number of nitrogens with two attached hydrogens (primary N) is 1. The third-order valence-electron chi connectivity index (χ3n) is 2.23. The largest absolute Gasteiger partial charge is 0.391 e. The maximum Gasteiger partial charge on any atom is 0.391 e. The van der Waals surface area contributed by atoms with Crippen molar-refractivity contribution < 1.29 is 13.2 Å². The SMILES string of the molecule is N[C@H]1CC[C@@H](C(F)(F)F)CC1. The smallest absolute Gasteiger partial charge is 0.328 e. The van der Waals surface area contributed by atoms with Crippen molar-refractivity contribution in [3.8, 4) is 0 Å². The van der Waals surface area contributed by atoms with Crippen LogP contribution in [0.15, 0.2) is 0 Å². The summed E-state index contributed by atoms with van der Waals surface area (Å²) in [5, 5.41) is 0. The van der Waals surface area contributed by atoms with Gasteiger partial charge in [0.25, 0.3) is 0 Å². The van der Waals surface area contributed by atoms with Crippen LogP contribution >= 0.6 is 0 Å². The van der Waals surface area contributed by atoms with E-state index < -0.39 is 12.1 Å². The first-order valence-corrected chi connectivity index (χ1v) is 3.82. The Morgan fingerprint density at radius 3 is 1.82 bits per heavy atom. The average Bonchev–Trinajstić information content (AvgIpc) is 1.86. The van der Waals surface area contributed by atoms with E-state index in [1.165, 1.54) is 0 Å². The van der Waals surface area contributed by atoms with E-state index in [4.69, 9.17) is 5.73 Å². The molecule has 0 bridgehead atoms. The van der Waals surface area contributed by atoms with Crippen molar-refractivity contribution in [3.05, 3.63) is 0 Å². The van der Waals surface area contributed by atoms with Crippen LogP contribution in [0.5, 0.6) is 0 Å². The highest BCUT2D eigenvalue weighted by Gasteiger charge is 2.40. The summed E-state index contributed by atoms with van der Waals surface area (Å²) in [6.07, 6.45) is -2.54. The summed E-state index contributed by atoms with van der Waals surface area (Å²) < 4.78 is 36.1. The van der Waals surface area contributed by atoms with Crippen molar-refractivity contribution in [3.63, 3.8) is 0 Å². The van der Waals surface area contributed by atoms with Gasteiger partial charge in [0.2, 0.25) is 0 Å². The molecule has 66 valence electrons. The second-order valence-electron chi connectivity index (χ2n) is 3.15. The fraction of sp³-hybridized carbons (Fsp3) is 1.00. The van der Waals surface area contributed by atoms with Crippen LogP contribution in [-0.4, -0.2) is 12.2 Å². The second kappa shape index (κ2) is 3.01. The molecule has 0 amide bonds. The van der Waals surface area contributed by atoms with Gasteiger partial charge >= 0.3 is 6.18 Å². The summed E-state index contributed by atoms with van der Waals surface area (Å²) in [6.45, 7) is 0. The van der Waals surface area contributed by atoms with Gasteiger partial charge in [0, 0.05) is 6.04 Å². The molecular weight excluding hydrogens is 155 g/mol. The Hall–Kier alpha value is -0.250. The molecule has 1 saturated carbocycles. The lowest BCUT2D eigenvalue weighted by molar-refractivity contribution is -0.182. The minimum absolute atomic E-state index is 0.00593. The second-order valence-corrected chi connectivity index (χ2v) is 3.15. The Balaban J connectivity index is 2.39. The number of alkyl halides is 3. The van der Waals surface area contributed by atoms with Crippen molar-refractivity contribution in [2.45, 2.75) is 37.9 Å².